The predicted octanol–water partition coefficient (Wildman–Crippen LogP) is 0.859. The number of nitrogens with one attached hydrogen (secondary N) is 2. The fraction of sp³-hybridized carbons (Fsp3) is 0.417. The first-order chi connectivity index (χ1) is 8.28. The van der Waals surface area contributed by atoms with Gasteiger partial charge in [0, 0.05) is 23.5 Å². The quantitative estimate of drug-likeness (QED) is 0.785. The van der Waals surface area contributed by atoms with Gasteiger partial charge >= 0.3 is 0 Å². The number of H-pyrrole nitrogens is 1. The average molecular weight is 248 g/mol. The topological polar surface area (TPSA) is 79.3 Å². The van der Waals surface area contributed by atoms with Crippen LogP contribution in [0.25, 0.3) is 5.65 Å². The maximum atomic E-state index is 12.1. The lowest BCUT2D eigenvalue weighted by Crippen LogP contribution is -2.40. The minimum absolute atomic E-state index is 0.229. The summed E-state index contributed by atoms with van der Waals surface area (Å²) in [6.07, 6.45) is 1.49. The average Bonchev–Trinajstić information content (AvgIpc) is 2.58. The van der Waals surface area contributed by atoms with Crippen LogP contribution < -0.4 is 10.9 Å². The molecule has 0 aliphatic rings. The standard InChI is InChI=1S/C12H16N4O2/c1-7-5-9(17)16-10(14-7)8(6-13-16)11(18)15-12(2,3)4/h5-6,13H,1-4H3,(H,15,18). The largest absolute Gasteiger partial charge is 0.347 e. The van der Waals surface area contributed by atoms with Crippen LogP contribution in [0.15, 0.2) is 17.1 Å². The monoisotopic (exact) mass is 248 g/mol. The minimum atomic E-state index is -0.338. The predicted molar refractivity (Wildman–Crippen MR) is 67.8 cm³/mol. The number of aryl methyl sites for hydroxylation is 1. The van der Waals surface area contributed by atoms with Gasteiger partial charge in [-0.2, -0.15) is 0 Å². The molecule has 0 spiro atoms. The molecule has 6 heteroatoms. The molecule has 0 atom stereocenters. The molecule has 0 fully saturated rings. The third-order valence-electron chi connectivity index (χ3n) is 2.36. The molecule has 0 unspecified atom stereocenters. The molecule has 1 amide bonds. The maximum Gasteiger partial charge on any atom is 0.272 e. The molecule has 18 heavy (non-hydrogen) atoms. The molecule has 2 aromatic heterocycles. The highest BCUT2D eigenvalue weighted by Gasteiger charge is 2.19. The van der Waals surface area contributed by atoms with Crippen molar-refractivity contribution in [1.29, 1.82) is 0 Å². The smallest absolute Gasteiger partial charge is 0.272 e. The first-order valence-corrected chi connectivity index (χ1v) is 5.68. The summed E-state index contributed by atoms with van der Waals surface area (Å²) in [4.78, 5) is 28.0. The van der Waals surface area contributed by atoms with Crippen molar-refractivity contribution in [2.75, 3.05) is 0 Å². The SMILES string of the molecule is Cc1cc(=O)n2[nH]cc(C(=O)NC(C)(C)C)c2n1. The van der Waals surface area contributed by atoms with Gasteiger partial charge in [-0.3, -0.25) is 14.7 Å². The summed E-state index contributed by atoms with van der Waals surface area (Å²) in [5.41, 5.74) is 0.735. The van der Waals surface area contributed by atoms with Crippen LogP contribution in [0.4, 0.5) is 0 Å². The van der Waals surface area contributed by atoms with Crippen LogP contribution in [0.3, 0.4) is 0 Å². The summed E-state index contributed by atoms with van der Waals surface area (Å²) in [5.74, 6) is -0.251. The third kappa shape index (κ3) is 2.27. The zero-order valence-corrected chi connectivity index (χ0v) is 10.9. The highest BCUT2D eigenvalue weighted by atomic mass is 16.2. The number of amides is 1. The lowest BCUT2D eigenvalue weighted by Gasteiger charge is -2.19. The van der Waals surface area contributed by atoms with E-state index in [0.29, 0.717) is 16.9 Å². The fourth-order valence-corrected chi connectivity index (χ4v) is 1.67. The summed E-state index contributed by atoms with van der Waals surface area (Å²) in [7, 11) is 0. The number of hydrogen-bond acceptors (Lipinski definition) is 3. The van der Waals surface area contributed by atoms with Gasteiger partial charge in [0.15, 0.2) is 5.65 Å². The van der Waals surface area contributed by atoms with E-state index in [2.05, 4.69) is 15.4 Å². The third-order valence-corrected chi connectivity index (χ3v) is 2.36. The first-order valence-electron chi connectivity index (χ1n) is 5.68. The summed E-state index contributed by atoms with van der Waals surface area (Å²) in [6, 6.07) is 1.41. The Labute approximate surface area is 104 Å². The molecule has 2 rings (SSSR count). The highest BCUT2D eigenvalue weighted by molar-refractivity contribution is 5.99. The molecule has 2 heterocycles. The van der Waals surface area contributed by atoms with Crippen molar-refractivity contribution in [3.05, 3.63) is 33.9 Å². The molecule has 2 aromatic rings. The van der Waals surface area contributed by atoms with Gasteiger partial charge in [0.25, 0.3) is 11.5 Å². The Kier molecular flexibility index (Phi) is 2.73. The number of hydrogen-bond donors (Lipinski definition) is 2. The zero-order chi connectivity index (χ0) is 13.5. The Balaban J connectivity index is 2.53. The number of rotatable bonds is 1. The molecular weight excluding hydrogens is 232 g/mol. The number of aromatic amines is 1. The van der Waals surface area contributed by atoms with Crippen LogP contribution in [-0.2, 0) is 0 Å². The molecule has 0 saturated heterocycles. The van der Waals surface area contributed by atoms with Crippen LogP contribution in [0, 0.1) is 6.92 Å². The van der Waals surface area contributed by atoms with Crippen molar-refractivity contribution in [2.24, 2.45) is 0 Å². The van der Waals surface area contributed by atoms with E-state index in [1.54, 1.807) is 6.92 Å². The van der Waals surface area contributed by atoms with Gasteiger partial charge in [0.1, 0.15) is 5.56 Å². The van der Waals surface area contributed by atoms with E-state index in [1.807, 2.05) is 20.8 Å². The number of aromatic nitrogens is 3. The van der Waals surface area contributed by atoms with E-state index in [1.165, 1.54) is 16.8 Å². The first kappa shape index (κ1) is 12.3. The summed E-state index contributed by atoms with van der Waals surface area (Å²) in [5, 5.41) is 5.57. The molecule has 96 valence electrons. The number of fused-ring (bicyclic) bond motifs is 1. The van der Waals surface area contributed by atoms with Gasteiger partial charge < -0.3 is 5.32 Å². The van der Waals surface area contributed by atoms with Crippen molar-refractivity contribution in [2.45, 2.75) is 33.2 Å². The van der Waals surface area contributed by atoms with Crippen molar-refractivity contribution in [1.82, 2.24) is 19.9 Å². The summed E-state index contributed by atoms with van der Waals surface area (Å²) >= 11 is 0. The Bertz CT molecular complexity index is 661. The van der Waals surface area contributed by atoms with Crippen molar-refractivity contribution in [3.63, 3.8) is 0 Å². The second-order valence-corrected chi connectivity index (χ2v) is 5.29. The molecule has 0 aliphatic heterocycles. The van der Waals surface area contributed by atoms with Gasteiger partial charge in [-0.05, 0) is 27.7 Å². The number of nitrogens with zero attached hydrogens (tertiary/aromatic N) is 2. The number of carbonyl (C=O) groups is 1. The van der Waals surface area contributed by atoms with Gasteiger partial charge in [0.05, 0.1) is 0 Å². The summed E-state index contributed by atoms with van der Waals surface area (Å²) in [6.45, 7) is 7.40. The molecular formula is C12H16N4O2. The van der Waals surface area contributed by atoms with E-state index in [-0.39, 0.29) is 17.0 Å². The Morgan fingerprint density at radius 2 is 2.11 bits per heavy atom. The lowest BCUT2D eigenvalue weighted by molar-refractivity contribution is 0.0921. The van der Waals surface area contributed by atoms with Crippen LogP contribution in [0.5, 0.6) is 0 Å². The second kappa shape index (κ2) is 3.97. The Morgan fingerprint density at radius 3 is 2.72 bits per heavy atom. The van der Waals surface area contributed by atoms with Gasteiger partial charge in [-0.15, -0.1) is 0 Å². The zero-order valence-electron chi connectivity index (χ0n) is 10.9. The van der Waals surface area contributed by atoms with E-state index < -0.39 is 0 Å². The minimum Gasteiger partial charge on any atom is -0.347 e. The van der Waals surface area contributed by atoms with E-state index in [0.717, 1.165) is 0 Å². The Hall–Kier alpha value is -2.11. The summed E-state index contributed by atoms with van der Waals surface area (Å²) < 4.78 is 1.25. The van der Waals surface area contributed by atoms with Crippen molar-refractivity contribution < 1.29 is 4.79 Å². The lowest BCUT2D eigenvalue weighted by atomic mass is 10.1. The molecule has 0 aliphatic carbocycles. The molecule has 2 N–H and O–H groups in total. The van der Waals surface area contributed by atoms with E-state index in [9.17, 15) is 9.59 Å². The van der Waals surface area contributed by atoms with E-state index >= 15 is 0 Å². The van der Waals surface area contributed by atoms with E-state index in [4.69, 9.17) is 0 Å². The van der Waals surface area contributed by atoms with Crippen molar-refractivity contribution in [3.8, 4) is 0 Å². The van der Waals surface area contributed by atoms with Crippen LogP contribution in [0.2, 0.25) is 0 Å². The van der Waals surface area contributed by atoms with Crippen LogP contribution in [-0.4, -0.2) is 26.0 Å². The molecule has 6 nitrogen and oxygen atoms in total. The maximum absolute atomic E-state index is 12.1. The molecule has 0 aromatic carbocycles. The molecule has 0 radical (unpaired) electrons. The molecule has 0 bridgehead atoms. The van der Waals surface area contributed by atoms with Crippen LogP contribution in [0.1, 0.15) is 36.8 Å². The number of carbonyl (C=O) groups excluding carboxylic acids is 1. The van der Waals surface area contributed by atoms with Gasteiger partial charge in [0.2, 0.25) is 0 Å². The fourth-order valence-electron chi connectivity index (χ4n) is 1.67. The Morgan fingerprint density at radius 1 is 1.44 bits per heavy atom. The highest BCUT2D eigenvalue weighted by Crippen LogP contribution is 2.09. The van der Waals surface area contributed by atoms with Crippen LogP contribution >= 0.6 is 0 Å². The molecule has 0 saturated carbocycles. The normalized spacial score (nSPS) is 11.8. The van der Waals surface area contributed by atoms with Gasteiger partial charge in [-0.1, -0.05) is 0 Å². The van der Waals surface area contributed by atoms with Gasteiger partial charge in [-0.25, -0.2) is 9.50 Å². The second-order valence-electron chi connectivity index (χ2n) is 5.29. The van der Waals surface area contributed by atoms with Crippen molar-refractivity contribution >= 4 is 11.6 Å².